The Bertz CT molecular complexity index is 1450. The Kier molecular flexibility index (Phi) is 9.86. The fourth-order valence-electron chi connectivity index (χ4n) is 5.27. The van der Waals surface area contributed by atoms with Crippen molar-refractivity contribution in [2.45, 2.75) is 83.3 Å². The Morgan fingerprint density at radius 1 is 0.878 bits per heavy atom. The number of nitrogens with zero attached hydrogens (tertiary/aromatic N) is 2. The average Bonchev–Trinajstić information content (AvgIpc) is 2.96. The Morgan fingerprint density at radius 2 is 1.51 bits per heavy atom. The zero-order chi connectivity index (χ0) is 29.6. The normalized spacial score (nSPS) is 14.7. The van der Waals surface area contributed by atoms with Crippen molar-refractivity contribution >= 4 is 27.5 Å². The van der Waals surface area contributed by atoms with Crippen molar-refractivity contribution < 1.29 is 18.0 Å². The van der Waals surface area contributed by atoms with E-state index in [2.05, 4.69) is 5.32 Å². The lowest BCUT2D eigenvalue weighted by molar-refractivity contribution is -0.139. The molecule has 1 unspecified atom stereocenters. The number of anilines is 1. The van der Waals surface area contributed by atoms with Crippen molar-refractivity contribution in [3.8, 4) is 0 Å². The summed E-state index contributed by atoms with van der Waals surface area (Å²) in [5.41, 5.74) is 3.85. The van der Waals surface area contributed by atoms with Gasteiger partial charge >= 0.3 is 0 Å². The van der Waals surface area contributed by atoms with Crippen LogP contribution in [-0.4, -0.2) is 43.8 Å². The highest BCUT2D eigenvalue weighted by molar-refractivity contribution is 7.92. The number of rotatable bonds is 10. The Balaban J connectivity index is 1.69. The Hall–Kier alpha value is -3.65. The van der Waals surface area contributed by atoms with E-state index < -0.39 is 28.5 Å². The van der Waals surface area contributed by atoms with Crippen LogP contribution in [0.3, 0.4) is 0 Å². The molecule has 0 saturated heterocycles. The molecule has 1 aliphatic carbocycles. The molecule has 0 bridgehead atoms. The van der Waals surface area contributed by atoms with Gasteiger partial charge in [0.25, 0.3) is 10.0 Å². The van der Waals surface area contributed by atoms with E-state index in [1.54, 1.807) is 37.3 Å². The molecule has 1 fully saturated rings. The van der Waals surface area contributed by atoms with Crippen LogP contribution in [0.15, 0.2) is 77.7 Å². The van der Waals surface area contributed by atoms with E-state index in [0.717, 1.165) is 47.9 Å². The van der Waals surface area contributed by atoms with Gasteiger partial charge in [0.05, 0.1) is 10.6 Å². The summed E-state index contributed by atoms with van der Waals surface area (Å²) in [4.78, 5) is 29.2. The van der Waals surface area contributed by atoms with Crippen LogP contribution in [0.5, 0.6) is 0 Å². The second kappa shape index (κ2) is 13.3. The molecule has 1 N–H and O–H groups in total. The molecule has 0 heterocycles. The third-order valence-corrected chi connectivity index (χ3v) is 9.61. The molecule has 8 heteroatoms. The minimum absolute atomic E-state index is 0.0979. The van der Waals surface area contributed by atoms with Gasteiger partial charge in [0.2, 0.25) is 11.8 Å². The van der Waals surface area contributed by atoms with Gasteiger partial charge in [-0.3, -0.25) is 13.9 Å². The largest absolute Gasteiger partial charge is 0.352 e. The van der Waals surface area contributed by atoms with E-state index in [-0.39, 0.29) is 23.4 Å². The van der Waals surface area contributed by atoms with Crippen molar-refractivity contribution in [3.63, 3.8) is 0 Å². The quantitative estimate of drug-likeness (QED) is 0.337. The van der Waals surface area contributed by atoms with Gasteiger partial charge in [0.15, 0.2) is 0 Å². The average molecular weight is 576 g/mol. The second-order valence-corrected chi connectivity index (χ2v) is 13.0. The summed E-state index contributed by atoms with van der Waals surface area (Å²) in [6.07, 6.45) is 5.19. The second-order valence-electron chi connectivity index (χ2n) is 11.1. The van der Waals surface area contributed by atoms with Crippen LogP contribution < -0.4 is 9.62 Å². The summed E-state index contributed by atoms with van der Waals surface area (Å²) in [6.45, 7) is 7.08. The SMILES string of the molecule is Cc1ccc(S(=O)(=O)N(CC(=O)N(Cc2ccccc2)C(C)C(=O)NC2CCCCC2)c2cc(C)ccc2C)cc1. The number of amides is 2. The summed E-state index contributed by atoms with van der Waals surface area (Å²) < 4.78 is 29.3. The van der Waals surface area contributed by atoms with E-state index in [1.165, 1.54) is 15.6 Å². The molecule has 41 heavy (non-hydrogen) atoms. The molecule has 1 saturated carbocycles. The molecule has 0 radical (unpaired) electrons. The van der Waals surface area contributed by atoms with Crippen LogP contribution in [0.1, 0.15) is 61.3 Å². The number of benzene rings is 3. The molecule has 218 valence electrons. The molecule has 7 nitrogen and oxygen atoms in total. The van der Waals surface area contributed by atoms with E-state index in [1.807, 2.05) is 63.2 Å². The number of hydrogen-bond acceptors (Lipinski definition) is 4. The van der Waals surface area contributed by atoms with Crippen LogP contribution in [0.25, 0.3) is 0 Å². The summed E-state index contributed by atoms with van der Waals surface area (Å²) >= 11 is 0. The molecule has 0 spiro atoms. The van der Waals surface area contributed by atoms with Crippen molar-refractivity contribution in [2.75, 3.05) is 10.8 Å². The molecule has 3 aromatic rings. The molecule has 3 aromatic carbocycles. The van der Waals surface area contributed by atoms with Crippen LogP contribution in [-0.2, 0) is 26.2 Å². The third kappa shape index (κ3) is 7.55. The predicted molar refractivity (Wildman–Crippen MR) is 163 cm³/mol. The predicted octanol–water partition coefficient (Wildman–Crippen LogP) is 5.67. The first-order chi connectivity index (χ1) is 19.6. The van der Waals surface area contributed by atoms with E-state index in [9.17, 15) is 18.0 Å². The standard InChI is InChI=1S/C33H41N3O4S/c1-24-16-19-30(20-17-24)41(39,40)36(31-21-25(2)15-18-26(31)3)23-32(37)35(22-28-11-7-5-8-12-28)27(4)33(38)34-29-13-9-6-10-14-29/h5,7-8,11-12,15-21,27,29H,6,9-10,13-14,22-23H2,1-4H3,(H,34,38). The molecule has 1 aliphatic rings. The van der Waals surface area contributed by atoms with Crippen molar-refractivity contribution in [1.82, 2.24) is 10.2 Å². The molecule has 2 amide bonds. The van der Waals surface area contributed by atoms with E-state index in [0.29, 0.717) is 5.69 Å². The van der Waals surface area contributed by atoms with Crippen LogP contribution in [0.2, 0.25) is 0 Å². The molecular weight excluding hydrogens is 534 g/mol. The monoisotopic (exact) mass is 575 g/mol. The summed E-state index contributed by atoms with van der Waals surface area (Å²) in [6, 6.07) is 21.0. The fourth-order valence-corrected chi connectivity index (χ4v) is 6.74. The molecule has 0 aromatic heterocycles. The lowest BCUT2D eigenvalue weighted by Gasteiger charge is -2.33. The summed E-state index contributed by atoms with van der Waals surface area (Å²) in [7, 11) is -4.09. The van der Waals surface area contributed by atoms with Crippen molar-refractivity contribution in [2.24, 2.45) is 0 Å². The van der Waals surface area contributed by atoms with Crippen LogP contribution in [0, 0.1) is 20.8 Å². The van der Waals surface area contributed by atoms with Crippen LogP contribution in [0.4, 0.5) is 5.69 Å². The number of hydrogen-bond donors (Lipinski definition) is 1. The third-order valence-electron chi connectivity index (χ3n) is 7.84. The van der Waals surface area contributed by atoms with Gasteiger partial charge in [-0.15, -0.1) is 0 Å². The molecule has 0 aliphatic heterocycles. The van der Waals surface area contributed by atoms with E-state index >= 15 is 0 Å². The van der Waals surface area contributed by atoms with Gasteiger partial charge in [-0.2, -0.15) is 0 Å². The Morgan fingerprint density at radius 3 is 2.17 bits per heavy atom. The minimum atomic E-state index is -4.09. The maximum Gasteiger partial charge on any atom is 0.264 e. The first-order valence-electron chi connectivity index (χ1n) is 14.4. The van der Waals surface area contributed by atoms with Crippen LogP contribution >= 0.6 is 0 Å². The lowest BCUT2D eigenvalue weighted by atomic mass is 9.95. The number of carbonyl (C=O) groups excluding carboxylic acids is 2. The number of sulfonamides is 1. The first-order valence-corrected chi connectivity index (χ1v) is 15.8. The fraction of sp³-hybridized carbons (Fsp3) is 0.394. The van der Waals surface area contributed by atoms with Gasteiger partial charge < -0.3 is 10.2 Å². The molecule has 4 rings (SSSR count). The Labute approximate surface area is 244 Å². The van der Waals surface area contributed by atoms with Gasteiger partial charge in [-0.05, 0) is 75.4 Å². The van der Waals surface area contributed by atoms with E-state index in [4.69, 9.17) is 0 Å². The number of aryl methyl sites for hydroxylation is 3. The summed E-state index contributed by atoms with van der Waals surface area (Å²) in [5, 5.41) is 3.14. The molecule has 1 atom stereocenters. The van der Waals surface area contributed by atoms with Gasteiger partial charge in [0, 0.05) is 12.6 Å². The number of nitrogens with one attached hydrogen (secondary N) is 1. The highest BCUT2D eigenvalue weighted by Gasteiger charge is 2.33. The highest BCUT2D eigenvalue weighted by atomic mass is 32.2. The zero-order valence-electron chi connectivity index (χ0n) is 24.5. The molecular formula is C33H41N3O4S. The smallest absolute Gasteiger partial charge is 0.264 e. The highest BCUT2D eigenvalue weighted by Crippen LogP contribution is 2.29. The maximum atomic E-state index is 14.1. The van der Waals surface area contributed by atoms with Crippen molar-refractivity contribution in [3.05, 3.63) is 95.1 Å². The lowest BCUT2D eigenvalue weighted by Crippen LogP contribution is -2.53. The topological polar surface area (TPSA) is 86.8 Å². The number of carbonyl (C=O) groups is 2. The van der Waals surface area contributed by atoms with Gasteiger partial charge in [-0.25, -0.2) is 8.42 Å². The minimum Gasteiger partial charge on any atom is -0.352 e. The summed E-state index contributed by atoms with van der Waals surface area (Å²) in [5.74, 6) is -0.669. The van der Waals surface area contributed by atoms with Gasteiger partial charge in [0.1, 0.15) is 12.6 Å². The van der Waals surface area contributed by atoms with Gasteiger partial charge in [-0.1, -0.05) is 79.4 Å². The maximum absolute atomic E-state index is 14.1. The first kappa shape index (κ1) is 30.3. The van der Waals surface area contributed by atoms with Crippen molar-refractivity contribution in [1.29, 1.82) is 0 Å². The zero-order valence-corrected chi connectivity index (χ0v) is 25.3.